The molecule has 2 N–H and O–H groups in total. The minimum absolute atomic E-state index is 0.213. The fourth-order valence-electron chi connectivity index (χ4n) is 2.75. The Morgan fingerprint density at radius 1 is 1.22 bits per heavy atom. The molecular formula is C16H26N2. The van der Waals surface area contributed by atoms with Crippen LogP contribution in [0.5, 0.6) is 0 Å². The molecule has 1 fully saturated rings. The fourth-order valence-corrected chi connectivity index (χ4v) is 2.75. The van der Waals surface area contributed by atoms with Gasteiger partial charge in [-0.1, -0.05) is 36.8 Å². The summed E-state index contributed by atoms with van der Waals surface area (Å²) in [5, 5.41) is 0. The van der Waals surface area contributed by atoms with Crippen LogP contribution in [0.15, 0.2) is 24.3 Å². The van der Waals surface area contributed by atoms with Crippen LogP contribution >= 0.6 is 0 Å². The molecule has 0 aromatic heterocycles. The zero-order valence-electron chi connectivity index (χ0n) is 11.9. The van der Waals surface area contributed by atoms with Crippen molar-refractivity contribution < 1.29 is 0 Å². The highest BCUT2D eigenvalue weighted by molar-refractivity contribution is 5.22. The Hall–Kier alpha value is -0.860. The summed E-state index contributed by atoms with van der Waals surface area (Å²) in [6, 6.07) is 8.74. The molecular weight excluding hydrogens is 220 g/mol. The summed E-state index contributed by atoms with van der Waals surface area (Å²) in [4.78, 5) is 2.45. The van der Waals surface area contributed by atoms with E-state index in [9.17, 15) is 0 Å². The Labute approximate surface area is 111 Å². The first-order valence-corrected chi connectivity index (χ1v) is 7.07. The predicted molar refractivity (Wildman–Crippen MR) is 77.4 cm³/mol. The Balaban J connectivity index is 2.00. The zero-order chi connectivity index (χ0) is 13.2. The van der Waals surface area contributed by atoms with E-state index in [1.165, 1.54) is 24.0 Å². The van der Waals surface area contributed by atoms with Crippen LogP contribution in [0.4, 0.5) is 0 Å². The molecule has 0 aliphatic carbocycles. The van der Waals surface area contributed by atoms with Crippen molar-refractivity contribution in [2.75, 3.05) is 13.1 Å². The molecule has 1 saturated heterocycles. The van der Waals surface area contributed by atoms with Crippen molar-refractivity contribution >= 4 is 0 Å². The first-order chi connectivity index (χ1) is 8.47. The molecule has 18 heavy (non-hydrogen) atoms. The number of nitrogens with zero attached hydrogens (tertiary/aromatic N) is 1. The molecule has 1 aromatic carbocycles. The van der Waals surface area contributed by atoms with Crippen molar-refractivity contribution in [1.29, 1.82) is 0 Å². The highest BCUT2D eigenvalue weighted by Crippen LogP contribution is 2.23. The molecule has 1 aromatic rings. The van der Waals surface area contributed by atoms with Crippen molar-refractivity contribution in [1.82, 2.24) is 4.90 Å². The maximum atomic E-state index is 6.53. The maximum Gasteiger partial charge on any atom is 0.0699 e. The van der Waals surface area contributed by atoms with E-state index in [1.807, 2.05) is 0 Å². The second-order valence-corrected chi connectivity index (χ2v) is 6.19. The summed E-state index contributed by atoms with van der Waals surface area (Å²) < 4.78 is 0. The van der Waals surface area contributed by atoms with Crippen LogP contribution in [0.2, 0.25) is 0 Å². The van der Waals surface area contributed by atoms with Gasteiger partial charge < -0.3 is 5.73 Å². The standard InChI is InChI=1S/C16H26N2/c1-13-4-6-15(7-5-13)12-16(3,17)18-10-8-14(2)9-11-18/h4-7,14H,8-12,17H2,1-3H3. The average Bonchev–Trinajstić information content (AvgIpc) is 2.32. The SMILES string of the molecule is Cc1ccc(CC(C)(N)N2CCC(C)CC2)cc1. The van der Waals surface area contributed by atoms with Crippen LogP contribution < -0.4 is 5.73 Å². The lowest BCUT2D eigenvalue weighted by Crippen LogP contribution is -2.57. The summed E-state index contributed by atoms with van der Waals surface area (Å²) in [6.07, 6.45) is 3.49. The fraction of sp³-hybridized carbons (Fsp3) is 0.625. The smallest absolute Gasteiger partial charge is 0.0699 e. The number of benzene rings is 1. The quantitative estimate of drug-likeness (QED) is 0.888. The van der Waals surface area contributed by atoms with Crippen LogP contribution in [0.1, 0.15) is 37.8 Å². The van der Waals surface area contributed by atoms with E-state index in [0.717, 1.165) is 25.4 Å². The molecule has 1 unspecified atom stereocenters. The lowest BCUT2D eigenvalue weighted by Gasteiger charge is -2.42. The third-order valence-corrected chi connectivity index (χ3v) is 4.19. The van der Waals surface area contributed by atoms with Crippen molar-refractivity contribution in [3.63, 3.8) is 0 Å². The molecule has 1 heterocycles. The van der Waals surface area contributed by atoms with Crippen molar-refractivity contribution in [3.8, 4) is 0 Å². The van der Waals surface area contributed by atoms with E-state index in [4.69, 9.17) is 5.73 Å². The number of aryl methyl sites for hydroxylation is 1. The number of piperidine rings is 1. The van der Waals surface area contributed by atoms with E-state index in [1.54, 1.807) is 0 Å². The van der Waals surface area contributed by atoms with Crippen LogP contribution in [0.25, 0.3) is 0 Å². The van der Waals surface area contributed by atoms with Crippen molar-refractivity contribution in [3.05, 3.63) is 35.4 Å². The molecule has 100 valence electrons. The number of likely N-dealkylation sites (tertiary alicyclic amines) is 1. The van der Waals surface area contributed by atoms with Gasteiger partial charge in [0.2, 0.25) is 0 Å². The molecule has 0 radical (unpaired) electrons. The van der Waals surface area contributed by atoms with Crippen LogP contribution in [-0.2, 0) is 6.42 Å². The van der Waals surface area contributed by atoms with Gasteiger partial charge in [-0.15, -0.1) is 0 Å². The topological polar surface area (TPSA) is 29.3 Å². The van der Waals surface area contributed by atoms with Crippen molar-refractivity contribution in [2.45, 2.75) is 45.7 Å². The Bertz CT molecular complexity index is 373. The van der Waals surface area contributed by atoms with E-state index < -0.39 is 0 Å². The van der Waals surface area contributed by atoms with Gasteiger partial charge >= 0.3 is 0 Å². The number of rotatable bonds is 3. The second-order valence-electron chi connectivity index (χ2n) is 6.19. The summed E-state index contributed by atoms with van der Waals surface area (Å²) in [6.45, 7) is 8.91. The predicted octanol–water partition coefficient (Wildman–Crippen LogP) is 2.94. The van der Waals surface area contributed by atoms with Gasteiger partial charge in [-0.05, 0) is 38.2 Å². The molecule has 0 bridgehead atoms. The average molecular weight is 246 g/mol. The van der Waals surface area contributed by atoms with E-state index in [-0.39, 0.29) is 5.66 Å². The van der Waals surface area contributed by atoms with Gasteiger partial charge in [0.05, 0.1) is 5.66 Å². The van der Waals surface area contributed by atoms with Gasteiger partial charge in [-0.25, -0.2) is 0 Å². The van der Waals surface area contributed by atoms with Gasteiger partial charge in [-0.2, -0.15) is 0 Å². The summed E-state index contributed by atoms with van der Waals surface area (Å²) in [5.74, 6) is 0.858. The molecule has 1 aliphatic rings. The van der Waals surface area contributed by atoms with E-state index in [2.05, 4.69) is 49.9 Å². The number of hydrogen-bond acceptors (Lipinski definition) is 2. The first kappa shape index (κ1) is 13.6. The summed E-state index contributed by atoms with van der Waals surface area (Å²) >= 11 is 0. The Morgan fingerprint density at radius 2 is 1.78 bits per heavy atom. The minimum Gasteiger partial charge on any atom is -0.313 e. The summed E-state index contributed by atoms with van der Waals surface area (Å²) in [5.41, 5.74) is 8.97. The van der Waals surface area contributed by atoms with Gasteiger partial charge in [0.15, 0.2) is 0 Å². The molecule has 1 atom stereocenters. The monoisotopic (exact) mass is 246 g/mol. The van der Waals surface area contributed by atoms with Crippen LogP contribution in [0.3, 0.4) is 0 Å². The third kappa shape index (κ3) is 3.33. The molecule has 2 rings (SSSR count). The zero-order valence-corrected chi connectivity index (χ0v) is 11.9. The lowest BCUT2D eigenvalue weighted by molar-refractivity contribution is 0.0695. The molecule has 0 amide bonds. The van der Waals surface area contributed by atoms with Crippen LogP contribution in [-0.4, -0.2) is 23.7 Å². The van der Waals surface area contributed by atoms with Gasteiger partial charge in [-0.3, -0.25) is 4.90 Å². The molecule has 0 saturated carbocycles. The first-order valence-electron chi connectivity index (χ1n) is 7.07. The maximum absolute atomic E-state index is 6.53. The normalized spacial score (nSPS) is 21.8. The summed E-state index contributed by atoms with van der Waals surface area (Å²) in [7, 11) is 0. The van der Waals surface area contributed by atoms with Gasteiger partial charge in [0.25, 0.3) is 0 Å². The highest BCUT2D eigenvalue weighted by atomic mass is 15.3. The lowest BCUT2D eigenvalue weighted by atomic mass is 9.93. The molecule has 2 nitrogen and oxygen atoms in total. The number of hydrogen-bond donors (Lipinski definition) is 1. The second kappa shape index (κ2) is 5.41. The Morgan fingerprint density at radius 3 is 2.33 bits per heavy atom. The largest absolute Gasteiger partial charge is 0.313 e. The van der Waals surface area contributed by atoms with Crippen LogP contribution in [0, 0.1) is 12.8 Å². The molecule has 0 spiro atoms. The number of nitrogens with two attached hydrogens (primary N) is 1. The molecule has 1 aliphatic heterocycles. The Kier molecular flexibility index (Phi) is 4.08. The van der Waals surface area contributed by atoms with Gasteiger partial charge in [0, 0.05) is 19.5 Å². The van der Waals surface area contributed by atoms with Gasteiger partial charge in [0.1, 0.15) is 0 Å². The van der Waals surface area contributed by atoms with E-state index in [0.29, 0.717) is 0 Å². The molecule has 2 heteroatoms. The minimum atomic E-state index is -0.213. The third-order valence-electron chi connectivity index (χ3n) is 4.19. The highest BCUT2D eigenvalue weighted by Gasteiger charge is 2.30. The van der Waals surface area contributed by atoms with Crippen molar-refractivity contribution in [2.24, 2.45) is 11.7 Å². The van der Waals surface area contributed by atoms with E-state index >= 15 is 0 Å².